The topological polar surface area (TPSA) is 115 Å². The number of aromatic nitrogens is 2. The van der Waals surface area contributed by atoms with E-state index in [1.54, 1.807) is 18.0 Å². The number of anilines is 4. The Balaban J connectivity index is 1.86. The first-order valence-corrected chi connectivity index (χ1v) is 10.8. The van der Waals surface area contributed by atoms with E-state index in [4.69, 9.17) is 10.1 Å². The van der Waals surface area contributed by atoms with E-state index in [-0.39, 0.29) is 23.6 Å². The van der Waals surface area contributed by atoms with Crippen LogP contribution >= 0.6 is 0 Å². The maximum Gasteiger partial charge on any atom is 0.421 e. The number of nitrogens with one attached hydrogen (secondary N) is 4. The number of rotatable bonds is 8. The van der Waals surface area contributed by atoms with E-state index in [9.17, 15) is 18.0 Å². The van der Waals surface area contributed by atoms with Crippen LogP contribution in [0.1, 0.15) is 36.0 Å². The molecule has 1 saturated heterocycles. The minimum atomic E-state index is -4.59. The molecule has 12 heteroatoms. The number of carbonyl (C=O) groups excluding carboxylic acids is 1. The molecule has 1 amide bonds. The third kappa shape index (κ3) is 5.56. The molecular formula is C22H28F3N7O2. The van der Waals surface area contributed by atoms with Crippen molar-refractivity contribution >= 4 is 35.3 Å². The summed E-state index contributed by atoms with van der Waals surface area (Å²) in [4.78, 5) is 22.2. The van der Waals surface area contributed by atoms with E-state index in [1.807, 2.05) is 13.0 Å². The van der Waals surface area contributed by atoms with Gasteiger partial charge in [0.25, 0.3) is 0 Å². The second kappa shape index (κ2) is 10.7. The molecule has 1 aromatic carbocycles. The van der Waals surface area contributed by atoms with E-state index in [0.29, 0.717) is 55.9 Å². The van der Waals surface area contributed by atoms with Crippen LogP contribution in [0.5, 0.6) is 0 Å². The van der Waals surface area contributed by atoms with Crippen LogP contribution < -0.4 is 16.0 Å². The lowest BCUT2D eigenvalue weighted by Gasteiger charge is -2.28. The standard InChI is InChI=1S/C22H28F3N7O2/c1-13(10-18(33)32-6-8-34-9-7-32)14-4-5-17(15(11-26)19(14)27-2)30-21-29-12-16(22(23,24)25)20(28-3)31-21/h4-5,11-13,26-27H,6-10H2,1-3H3,(H2,28,29,30,31). The van der Waals surface area contributed by atoms with E-state index >= 15 is 0 Å². The zero-order valence-electron chi connectivity index (χ0n) is 19.2. The van der Waals surface area contributed by atoms with Gasteiger partial charge in [-0.3, -0.25) is 4.79 Å². The van der Waals surface area contributed by atoms with Crippen LogP contribution in [0.2, 0.25) is 0 Å². The number of amides is 1. The molecule has 1 fully saturated rings. The minimum absolute atomic E-state index is 0.0363. The lowest BCUT2D eigenvalue weighted by Crippen LogP contribution is -2.41. The molecule has 0 spiro atoms. The molecule has 0 saturated carbocycles. The van der Waals surface area contributed by atoms with Crippen LogP contribution in [0.15, 0.2) is 18.3 Å². The molecule has 1 aliphatic rings. The summed E-state index contributed by atoms with van der Waals surface area (Å²) in [5.41, 5.74) is 1.43. The van der Waals surface area contributed by atoms with Crippen LogP contribution in [-0.4, -0.2) is 67.4 Å². The average molecular weight is 480 g/mol. The molecule has 34 heavy (non-hydrogen) atoms. The Kier molecular flexibility index (Phi) is 7.92. The Morgan fingerprint density at radius 3 is 2.56 bits per heavy atom. The second-order valence-corrected chi connectivity index (χ2v) is 7.81. The Bertz CT molecular complexity index is 1040. The summed E-state index contributed by atoms with van der Waals surface area (Å²) in [6, 6.07) is 3.52. The number of nitrogens with zero attached hydrogens (tertiary/aromatic N) is 3. The van der Waals surface area contributed by atoms with Crippen molar-refractivity contribution in [3.8, 4) is 0 Å². The minimum Gasteiger partial charge on any atom is -0.387 e. The fourth-order valence-electron chi connectivity index (χ4n) is 3.86. The summed E-state index contributed by atoms with van der Waals surface area (Å²) < 4.78 is 44.7. The molecule has 1 atom stereocenters. The molecule has 2 heterocycles. The fraction of sp³-hybridized carbons (Fsp3) is 0.455. The second-order valence-electron chi connectivity index (χ2n) is 7.81. The highest BCUT2D eigenvalue weighted by atomic mass is 19.4. The molecule has 2 aromatic rings. The molecule has 1 aliphatic heterocycles. The van der Waals surface area contributed by atoms with Gasteiger partial charge in [-0.1, -0.05) is 13.0 Å². The summed E-state index contributed by atoms with van der Waals surface area (Å²) in [5, 5.41) is 16.4. The van der Waals surface area contributed by atoms with E-state index in [1.165, 1.54) is 7.05 Å². The monoisotopic (exact) mass is 479 g/mol. The highest BCUT2D eigenvalue weighted by Gasteiger charge is 2.35. The maximum atomic E-state index is 13.1. The maximum absolute atomic E-state index is 13.1. The first-order valence-electron chi connectivity index (χ1n) is 10.8. The highest BCUT2D eigenvalue weighted by molar-refractivity contribution is 5.95. The van der Waals surface area contributed by atoms with Gasteiger partial charge in [0.2, 0.25) is 11.9 Å². The van der Waals surface area contributed by atoms with Crippen molar-refractivity contribution in [2.24, 2.45) is 0 Å². The smallest absolute Gasteiger partial charge is 0.387 e. The molecule has 4 N–H and O–H groups in total. The van der Waals surface area contributed by atoms with Crippen molar-refractivity contribution in [1.29, 1.82) is 5.41 Å². The van der Waals surface area contributed by atoms with Crippen molar-refractivity contribution in [2.45, 2.75) is 25.4 Å². The van der Waals surface area contributed by atoms with Crippen molar-refractivity contribution in [3.05, 3.63) is 35.0 Å². The normalized spacial score (nSPS) is 14.9. The molecular weight excluding hydrogens is 451 g/mol. The Labute approximate surface area is 195 Å². The Morgan fingerprint density at radius 1 is 1.26 bits per heavy atom. The summed E-state index contributed by atoms with van der Waals surface area (Å²) >= 11 is 0. The van der Waals surface area contributed by atoms with Crippen LogP contribution in [0.3, 0.4) is 0 Å². The van der Waals surface area contributed by atoms with Gasteiger partial charge in [-0.15, -0.1) is 0 Å². The third-order valence-electron chi connectivity index (χ3n) is 5.63. The van der Waals surface area contributed by atoms with Crippen molar-refractivity contribution in [2.75, 3.05) is 56.3 Å². The third-order valence-corrected chi connectivity index (χ3v) is 5.63. The van der Waals surface area contributed by atoms with Gasteiger partial charge in [-0.25, -0.2) is 4.98 Å². The van der Waals surface area contributed by atoms with Gasteiger partial charge in [-0.05, 0) is 17.5 Å². The first-order chi connectivity index (χ1) is 16.2. The average Bonchev–Trinajstić information content (AvgIpc) is 2.83. The quantitative estimate of drug-likeness (QED) is 0.427. The molecule has 3 rings (SSSR count). The number of ether oxygens (including phenoxy) is 1. The van der Waals surface area contributed by atoms with Gasteiger partial charge in [0.05, 0.1) is 18.9 Å². The van der Waals surface area contributed by atoms with Crippen molar-refractivity contribution < 1.29 is 22.7 Å². The summed E-state index contributed by atoms with van der Waals surface area (Å²) in [6.45, 7) is 4.14. The molecule has 9 nitrogen and oxygen atoms in total. The number of carbonyl (C=O) groups is 1. The van der Waals surface area contributed by atoms with Crippen LogP contribution in [-0.2, 0) is 15.7 Å². The van der Waals surface area contributed by atoms with E-state index in [2.05, 4.69) is 25.9 Å². The van der Waals surface area contributed by atoms with Crippen LogP contribution in [0, 0.1) is 5.41 Å². The number of halogens is 3. The number of morpholine rings is 1. The number of alkyl halides is 3. The number of benzene rings is 1. The SMILES string of the molecule is CNc1nc(Nc2ccc(C(C)CC(=O)N3CCOCC3)c(NC)c2C=N)ncc1C(F)(F)F. The van der Waals surface area contributed by atoms with Gasteiger partial charge < -0.3 is 31.0 Å². The molecule has 1 aromatic heterocycles. The van der Waals surface area contributed by atoms with Crippen molar-refractivity contribution in [3.63, 3.8) is 0 Å². The number of hydrogen-bond donors (Lipinski definition) is 4. The lowest BCUT2D eigenvalue weighted by molar-refractivity contribution is -0.137. The molecule has 1 unspecified atom stereocenters. The zero-order valence-corrected chi connectivity index (χ0v) is 19.2. The number of hydrogen-bond acceptors (Lipinski definition) is 8. The Hall–Kier alpha value is -3.41. The van der Waals surface area contributed by atoms with Gasteiger partial charge in [0.1, 0.15) is 11.4 Å². The van der Waals surface area contributed by atoms with Gasteiger partial charge in [0.15, 0.2) is 0 Å². The van der Waals surface area contributed by atoms with E-state index in [0.717, 1.165) is 11.8 Å². The zero-order chi connectivity index (χ0) is 24.9. The highest BCUT2D eigenvalue weighted by Crippen LogP contribution is 2.36. The fourth-order valence-corrected chi connectivity index (χ4v) is 3.86. The van der Waals surface area contributed by atoms with Gasteiger partial charge in [0, 0.05) is 57.3 Å². The molecule has 0 bridgehead atoms. The Morgan fingerprint density at radius 2 is 1.97 bits per heavy atom. The largest absolute Gasteiger partial charge is 0.421 e. The van der Waals surface area contributed by atoms with Gasteiger partial charge >= 0.3 is 6.18 Å². The van der Waals surface area contributed by atoms with Crippen molar-refractivity contribution in [1.82, 2.24) is 14.9 Å². The predicted octanol–water partition coefficient (Wildman–Crippen LogP) is 3.67. The summed E-state index contributed by atoms with van der Waals surface area (Å²) in [5.74, 6) is -0.508. The lowest BCUT2D eigenvalue weighted by atomic mass is 9.92. The molecule has 0 radical (unpaired) electrons. The molecule has 0 aliphatic carbocycles. The van der Waals surface area contributed by atoms with E-state index < -0.39 is 11.7 Å². The summed E-state index contributed by atoms with van der Waals surface area (Å²) in [6.07, 6.45) is -2.45. The summed E-state index contributed by atoms with van der Waals surface area (Å²) in [7, 11) is 3.05. The predicted molar refractivity (Wildman–Crippen MR) is 124 cm³/mol. The molecule has 184 valence electrons. The van der Waals surface area contributed by atoms with Crippen LogP contribution in [0.4, 0.5) is 36.3 Å². The van der Waals surface area contributed by atoms with Gasteiger partial charge in [-0.2, -0.15) is 18.2 Å². The van der Waals surface area contributed by atoms with Crippen LogP contribution in [0.25, 0.3) is 0 Å². The first kappa shape index (κ1) is 25.2.